The molecule has 1 amide bonds. The summed E-state index contributed by atoms with van der Waals surface area (Å²) in [6, 6.07) is 17.3. The van der Waals surface area contributed by atoms with E-state index in [9.17, 15) is 4.79 Å². The van der Waals surface area contributed by atoms with Gasteiger partial charge in [-0.2, -0.15) is 0 Å². The average molecular weight is 290 g/mol. The standard InChI is InChI=1S/C16H16ClNO2/c17-15(10-16(18)19)13-7-4-8-14(9-13)20-11-12-5-2-1-3-6-12/h1-9,15H,10-11H2,(H2,18,19). The molecule has 2 aromatic carbocycles. The van der Waals surface area contributed by atoms with Gasteiger partial charge in [-0.05, 0) is 23.3 Å². The number of alkyl halides is 1. The predicted octanol–water partition coefficient (Wildman–Crippen LogP) is 3.42. The van der Waals surface area contributed by atoms with Crippen LogP contribution in [0.5, 0.6) is 5.75 Å². The first-order valence-electron chi connectivity index (χ1n) is 6.34. The second-order valence-electron chi connectivity index (χ2n) is 4.48. The van der Waals surface area contributed by atoms with Crippen LogP contribution < -0.4 is 10.5 Å². The molecule has 2 rings (SSSR count). The van der Waals surface area contributed by atoms with E-state index in [1.165, 1.54) is 0 Å². The number of carbonyl (C=O) groups excluding carboxylic acids is 1. The molecular weight excluding hydrogens is 274 g/mol. The number of hydrogen-bond donors (Lipinski definition) is 1. The van der Waals surface area contributed by atoms with Gasteiger partial charge < -0.3 is 10.5 Å². The highest BCUT2D eigenvalue weighted by Crippen LogP contribution is 2.27. The van der Waals surface area contributed by atoms with Crippen LogP contribution in [0.4, 0.5) is 0 Å². The number of halogens is 1. The number of primary amides is 1. The predicted molar refractivity (Wildman–Crippen MR) is 79.6 cm³/mol. The van der Waals surface area contributed by atoms with Gasteiger partial charge in [0.2, 0.25) is 5.91 Å². The molecule has 3 nitrogen and oxygen atoms in total. The molecule has 0 aliphatic heterocycles. The fourth-order valence-electron chi connectivity index (χ4n) is 1.83. The van der Waals surface area contributed by atoms with Crippen molar-refractivity contribution in [3.63, 3.8) is 0 Å². The summed E-state index contributed by atoms with van der Waals surface area (Å²) in [5.41, 5.74) is 7.07. The van der Waals surface area contributed by atoms with Crippen LogP contribution >= 0.6 is 11.6 Å². The highest BCUT2D eigenvalue weighted by Gasteiger charge is 2.11. The highest BCUT2D eigenvalue weighted by atomic mass is 35.5. The van der Waals surface area contributed by atoms with Gasteiger partial charge in [0, 0.05) is 6.42 Å². The molecule has 0 aliphatic rings. The molecule has 104 valence electrons. The molecule has 2 aromatic rings. The lowest BCUT2D eigenvalue weighted by Gasteiger charge is -2.11. The van der Waals surface area contributed by atoms with Gasteiger partial charge in [-0.15, -0.1) is 11.6 Å². The fraction of sp³-hybridized carbons (Fsp3) is 0.188. The van der Waals surface area contributed by atoms with E-state index in [4.69, 9.17) is 22.1 Å². The third-order valence-corrected chi connectivity index (χ3v) is 3.25. The summed E-state index contributed by atoms with van der Waals surface area (Å²) >= 11 is 6.13. The summed E-state index contributed by atoms with van der Waals surface area (Å²) < 4.78 is 5.71. The quantitative estimate of drug-likeness (QED) is 0.829. The van der Waals surface area contributed by atoms with E-state index < -0.39 is 11.3 Å². The molecule has 20 heavy (non-hydrogen) atoms. The van der Waals surface area contributed by atoms with Gasteiger partial charge in [0.1, 0.15) is 12.4 Å². The highest BCUT2D eigenvalue weighted by molar-refractivity contribution is 6.21. The number of hydrogen-bond acceptors (Lipinski definition) is 2. The van der Waals surface area contributed by atoms with Gasteiger partial charge in [-0.1, -0.05) is 42.5 Å². The largest absolute Gasteiger partial charge is 0.489 e. The van der Waals surface area contributed by atoms with E-state index in [1.807, 2.05) is 54.6 Å². The van der Waals surface area contributed by atoms with Gasteiger partial charge in [0.15, 0.2) is 0 Å². The molecule has 4 heteroatoms. The van der Waals surface area contributed by atoms with Gasteiger partial charge in [-0.25, -0.2) is 0 Å². The Balaban J connectivity index is 2.01. The maximum atomic E-state index is 10.9. The zero-order valence-electron chi connectivity index (χ0n) is 11.0. The molecule has 2 N–H and O–H groups in total. The number of carbonyl (C=O) groups is 1. The van der Waals surface area contributed by atoms with Crippen LogP contribution in [0.2, 0.25) is 0 Å². The topological polar surface area (TPSA) is 52.3 Å². The summed E-state index contributed by atoms with van der Waals surface area (Å²) in [4.78, 5) is 10.9. The Morgan fingerprint density at radius 3 is 2.60 bits per heavy atom. The molecule has 0 bridgehead atoms. The van der Waals surface area contributed by atoms with Crippen LogP contribution in [0.3, 0.4) is 0 Å². The Morgan fingerprint density at radius 1 is 1.15 bits per heavy atom. The van der Waals surface area contributed by atoms with Crippen molar-refractivity contribution in [2.24, 2.45) is 5.73 Å². The molecule has 0 fully saturated rings. The van der Waals surface area contributed by atoms with Crippen molar-refractivity contribution in [1.29, 1.82) is 0 Å². The van der Waals surface area contributed by atoms with E-state index in [0.29, 0.717) is 6.61 Å². The number of amides is 1. The van der Waals surface area contributed by atoms with E-state index >= 15 is 0 Å². The maximum Gasteiger partial charge on any atom is 0.219 e. The first-order valence-corrected chi connectivity index (χ1v) is 6.78. The summed E-state index contributed by atoms with van der Waals surface area (Å²) in [6.45, 7) is 0.493. The summed E-state index contributed by atoms with van der Waals surface area (Å²) in [6.07, 6.45) is 0.115. The lowest BCUT2D eigenvalue weighted by molar-refractivity contribution is -0.118. The van der Waals surface area contributed by atoms with Crippen molar-refractivity contribution >= 4 is 17.5 Å². The molecule has 0 aromatic heterocycles. The number of rotatable bonds is 6. The van der Waals surface area contributed by atoms with Gasteiger partial charge >= 0.3 is 0 Å². The van der Waals surface area contributed by atoms with Crippen LogP contribution in [0, 0.1) is 0 Å². The first kappa shape index (κ1) is 14.4. The second-order valence-corrected chi connectivity index (χ2v) is 5.01. The van der Waals surface area contributed by atoms with Crippen LogP contribution in [0.1, 0.15) is 22.9 Å². The maximum absolute atomic E-state index is 10.9. The van der Waals surface area contributed by atoms with Gasteiger partial charge in [-0.3, -0.25) is 4.79 Å². The van der Waals surface area contributed by atoms with Crippen LogP contribution in [-0.2, 0) is 11.4 Å². The summed E-state index contributed by atoms with van der Waals surface area (Å²) in [5.74, 6) is 0.307. The van der Waals surface area contributed by atoms with Crippen molar-refractivity contribution in [3.05, 3.63) is 65.7 Å². The molecule has 0 saturated carbocycles. The van der Waals surface area contributed by atoms with Crippen molar-refractivity contribution in [1.82, 2.24) is 0 Å². The van der Waals surface area contributed by atoms with E-state index in [1.54, 1.807) is 0 Å². The van der Waals surface area contributed by atoms with Gasteiger partial charge in [0.05, 0.1) is 5.38 Å². The van der Waals surface area contributed by atoms with E-state index in [-0.39, 0.29) is 6.42 Å². The first-order chi connectivity index (χ1) is 9.65. The Kier molecular flexibility index (Phi) is 5.02. The molecule has 1 atom stereocenters. The third-order valence-electron chi connectivity index (χ3n) is 2.85. The van der Waals surface area contributed by atoms with Crippen LogP contribution in [0.15, 0.2) is 54.6 Å². The molecule has 0 saturated heterocycles. The summed E-state index contributed by atoms with van der Waals surface area (Å²) in [7, 11) is 0. The molecule has 0 radical (unpaired) electrons. The SMILES string of the molecule is NC(=O)CC(Cl)c1cccc(OCc2ccccc2)c1. The second kappa shape index (κ2) is 6.96. The molecular formula is C16H16ClNO2. The molecule has 0 spiro atoms. The molecule has 1 unspecified atom stereocenters. The lowest BCUT2D eigenvalue weighted by atomic mass is 10.1. The zero-order chi connectivity index (χ0) is 14.4. The average Bonchev–Trinajstić information content (AvgIpc) is 2.46. The van der Waals surface area contributed by atoms with Crippen molar-refractivity contribution in [2.75, 3.05) is 0 Å². The minimum absolute atomic E-state index is 0.115. The smallest absolute Gasteiger partial charge is 0.219 e. The van der Waals surface area contributed by atoms with Crippen molar-refractivity contribution in [3.8, 4) is 5.75 Å². The van der Waals surface area contributed by atoms with E-state index in [0.717, 1.165) is 16.9 Å². The van der Waals surface area contributed by atoms with Crippen LogP contribution in [-0.4, -0.2) is 5.91 Å². The normalized spacial score (nSPS) is 11.8. The van der Waals surface area contributed by atoms with E-state index in [2.05, 4.69) is 0 Å². The van der Waals surface area contributed by atoms with Crippen LogP contribution in [0.25, 0.3) is 0 Å². The Bertz CT molecular complexity index is 572. The third kappa shape index (κ3) is 4.28. The number of ether oxygens (including phenoxy) is 1. The van der Waals surface area contributed by atoms with Gasteiger partial charge in [0.25, 0.3) is 0 Å². The number of nitrogens with two attached hydrogens (primary N) is 1. The summed E-state index contributed by atoms with van der Waals surface area (Å²) in [5, 5.41) is -0.423. The fourth-order valence-corrected chi connectivity index (χ4v) is 2.12. The minimum atomic E-state index is -0.423. The minimum Gasteiger partial charge on any atom is -0.489 e. The monoisotopic (exact) mass is 289 g/mol. The molecule has 0 heterocycles. The molecule has 0 aliphatic carbocycles. The lowest BCUT2D eigenvalue weighted by Crippen LogP contribution is -2.12. The Morgan fingerprint density at radius 2 is 1.90 bits per heavy atom. The Labute approximate surface area is 123 Å². The van der Waals surface area contributed by atoms with Crippen molar-refractivity contribution in [2.45, 2.75) is 18.4 Å². The number of benzene rings is 2. The van der Waals surface area contributed by atoms with Crippen molar-refractivity contribution < 1.29 is 9.53 Å². The Hall–Kier alpha value is -2.00. The zero-order valence-corrected chi connectivity index (χ0v) is 11.7.